The highest BCUT2D eigenvalue weighted by molar-refractivity contribution is 6.37. The van der Waals surface area contributed by atoms with Crippen LogP contribution in [0.5, 0.6) is 0 Å². The van der Waals surface area contributed by atoms with Crippen LogP contribution in [0.15, 0.2) is 53.3 Å². The van der Waals surface area contributed by atoms with E-state index in [2.05, 4.69) is 15.6 Å². The van der Waals surface area contributed by atoms with Crippen LogP contribution in [0.2, 0.25) is 10.0 Å². The van der Waals surface area contributed by atoms with Gasteiger partial charge in [0.25, 0.3) is 11.8 Å². The SMILES string of the molecule is Cc1c(Cl)cnc(NC(=O)COC(=O)c2ccc(NC(=O)c3ccco3)cc2)c1Cl. The largest absolute Gasteiger partial charge is 0.459 e. The number of ether oxygens (including phenoxy) is 1. The molecule has 0 aliphatic rings. The second-order valence-electron chi connectivity index (χ2n) is 6.03. The number of hydrogen-bond acceptors (Lipinski definition) is 6. The number of carbonyl (C=O) groups is 3. The summed E-state index contributed by atoms with van der Waals surface area (Å²) < 4.78 is 9.99. The minimum atomic E-state index is -0.708. The number of furan rings is 1. The van der Waals surface area contributed by atoms with Gasteiger partial charge in [-0.1, -0.05) is 23.2 Å². The molecule has 0 bridgehead atoms. The van der Waals surface area contributed by atoms with Crippen LogP contribution in [0, 0.1) is 6.92 Å². The number of pyridine rings is 1. The first kappa shape index (κ1) is 21.4. The van der Waals surface area contributed by atoms with Crippen LogP contribution in [0.3, 0.4) is 0 Å². The van der Waals surface area contributed by atoms with Crippen molar-refractivity contribution < 1.29 is 23.5 Å². The van der Waals surface area contributed by atoms with Gasteiger partial charge in [0.1, 0.15) is 0 Å². The van der Waals surface area contributed by atoms with Gasteiger partial charge in [-0.3, -0.25) is 9.59 Å². The van der Waals surface area contributed by atoms with E-state index in [1.165, 1.54) is 42.8 Å². The van der Waals surface area contributed by atoms with Crippen LogP contribution in [-0.4, -0.2) is 29.4 Å². The molecule has 0 saturated heterocycles. The molecule has 0 radical (unpaired) electrons. The number of esters is 1. The third-order valence-electron chi connectivity index (χ3n) is 3.92. The Morgan fingerprint density at radius 3 is 2.50 bits per heavy atom. The summed E-state index contributed by atoms with van der Waals surface area (Å²) in [6, 6.07) is 9.09. The molecule has 2 heterocycles. The van der Waals surface area contributed by atoms with Gasteiger partial charge >= 0.3 is 5.97 Å². The van der Waals surface area contributed by atoms with Crippen LogP contribution in [0.1, 0.15) is 26.5 Å². The van der Waals surface area contributed by atoms with Crippen molar-refractivity contribution in [1.82, 2.24) is 4.98 Å². The number of amides is 2. The fourth-order valence-electron chi connectivity index (χ4n) is 2.32. The predicted molar refractivity (Wildman–Crippen MR) is 111 cm³/mol. The molecule has 154 valence electrons. The summed E-state index contributed by atoms with van der Waals surface area (Å²) in [6.07, 6.45) is 2.75. The molecule has 30 heavy (non-hydrogen) atoms. The molecule has 0 aliphatic carbocycles. The Bertz CT molecular complexity index is 1080. The maximum atomic E-state index is 12.1. The molecule has 2 aromatic heterocycles. The summed E-state index contributed by atoms with van der Waals surface area (Å²) in [5.74, 6) is -1.45. The monoisotopic (exact) mass is 447 g/mol. The first-order valence-electron chi connectivity index (χ1n) is 8.57. The summed E-state index contributed by atoms with van der Waals surface area (Å²) >= 11 is 12.0. The van der Waals surface area contributed by atoms with Gasteiger partial charge in [0.2, 0.25) is 0 Å². The summed E-state index contributed by atoms with van der Waals surface area (Å²) in [7, 11) is 0. The van der Waals surface area contributed by atoms with Crippen molar-refractivity contribution in [3.05, 3.63) is 75.8 Å². The Labute approximate surface area is 181 Å². The molecule has 0 saturated carbocycles. The lowest BCUT2D eigenvalue weighted by molar-refractivity contribution is -0.119. The molecule has 3 aromatic rings. The lowest BCUT2D eigenvalue weighted by Gasteiger charge is -2.10. The van der Waals surface area contributed by atoms with Gasteiger partial charge in [0, 0.05) is 11.9 Å². The van der Waals surface area contributed by atoms with Gasteiger partial charge in [-0.15, -0.1) is 0 Å². The topological polar surface area (TPSA) is 111 Å². The van der Waals surface area contributed by atoms with Crippen LogP contribution in [0.25, 0.3) is 0 Å². The zero-order valence-corrected chi connectivity index (χ0v) is 17.1. The van der Waals surface area contributed by atoms with Crippen molar-refractivity contribution in [1.29, 1.82) is 0 Å². The lowest BCUT2D eigenvalue weighted by atomic mass is 10.2. The number of carbonyl (C=O) groups excluding carboxylic acids is 3. The van der Waals surface area contributed by atoms with Crippen LogP contribution >= 0.6 is 23.2 Å². The number of hydrogen-bond donors (Lipinski definition) is 2. The third kappa shape index (κ3) is 5.16. The number of nitrogens with zero attached hydrogens (tertiary/aromatic N) is 1. The van der Waals surface area contributed by atoms with Crippen molar-refractivity contribution >= 4 is 52.5 Å². The Kier molecular flexibility index (Phi) is 6.71. The van der Waals surface area contributed by atoms with Gasteiger partial charge in [-0.25, -0.2) is 9.78 Å². The first-order chi connectivity index (χ1) is 14.3. The summed E-state index contributed by atoms with van der Waals surface area (Å²) in [5, 5.41) is 5.65. The van der Waals surface area contributed by atoms with Crippen molar-refractivity contribution in [3.8, 4) is 0 Å². The third-order valence-corrected chi connectivity index (χ3v) is 4.76. The highest BCUT2D eigenvalue weighted by atomic mass is 35.5. The van der Waals surface area contributed by atoms with Gasteiger partial charge in [0.05, 0.1) is 21.9 Å². The van der Waals surface area contributed by atoms with E-state index in [1.807, 2.05) is 0 Å². The molecule has 10 heteroatoms. The molecule has 0 spiro atoms. The number of halogens is 2. The zero-order chi connectivity index (χ0) is 21.7. The second kappa shape index (κ2) is 9.43. The first-order valence-corrected chi connectivity index (χ1v) is 9.33. The van der Waals surface area contributed by atoms with E-state index in [-0.39, 0.29) is 22.2 Å². The van der Waals surface area contributed by atoms with E-state index in [1.54, 1.807) is 13.0 Å². The Balaban J connectivity index is 1.53. The molecular formula is C20H15Cl2N3O5. The number of nitrogens with one attached hydrogen (secondary N) is 2. The zero-order valence-electron chi connectivity index (χ0n) is 15.6. The van der Waals surface area contributed by atoms with Crippen molar-refractivity contribution in [2.45, 2.75) is 6.92 Å². The number of anilines is 2. The maximum absolute atomic E-state index is 12.1. The van der Waals surface area contributed by atoms with E-state index in [4.69, 9.17) is 32.4 Å². The second-order valence-corrected chi connectivity index (χ2v) is 6.81. The van der Waals surface area contributed by atoms with Crippen molar-refractivity contribution in [3.63, 3.8) is 0 Å². The molecule has 1 aromatic carbocycles. The van der Waals surface area contributed by atoms with E-state index in [0.717, 1.165) is 0 Å². The summed E-state index contributed by atoms with van der Waals surface area (Å²) in [4.78, 5) is 40.0. The molecule has 3 rings (SSSR count). The fourth-order valence-corrected chi connectivity index (χ4v) is 2.71. The predicted octanol–water partition coefficient (Wildman–Crippen LogP) is 4.34. The normalized spacial score (nSPS) is 10.4. The van der Waals surface area contributed by atoms with Gasteiger partial charge in [0.15, 0.2) is 18.2 Å². The van der Waals surface area contributed by atoms with Crippen LogP contribution in [0.4, 0.5) is 11.5 Å². The Morgan fingerprint density at radius 2 is 1.83 bits per heavy atom. The highest BCUT2D eigenvalue weighted by Gasteiger charge is 2.15. The van der Waals surface area contributed by atoms with E-state index in [9.17, 15) is 14.4 Å². The molecule has 0 atom stereocenters. The molecule has 0 fully saturated rings. The minimum absolute atomic E-state index is 0.122. The molecule has 2 N–H and O–H groups in total. The molecule has 2 amide bonds. The Morgan fingerprint density at radius 1 is 1.10 bits per heavy atom. The van der Waals surface area contributed by atoms with Gasteiger partial charge < -0.3 is 19.8 Å². The van der Waals surface area contributed by atoms with Crippen LogP contribution in [-0.2, 0) is 9.53 Å². The van der Waals surface area contributed by atoms with E-state index >= 15 is 0 Å². The highest BCUT2D eigenvalue weighted by Crippen LogP contribution is 2.28. The minimum Gasteiger partial charge on any atom is -0.459 e. The van der Waals surface area contributed by atoms with Crippen molar-refractivity contribution in [2.24, 2.45) is 0 Å². The van der Waals surface area contributed by atoms with Gasteiger partial charge in [-0.2, -0.15) is 0 Å². The van der Waals surface area contributed by atoms with E-state index in [0.29, 0.717) is 16.3 Å². The fraction of sp³-hybridized carbons (Fsp3) is 0.100. The Hall–Kier alpha value is -3.36. The molecule has 0 aliphatic heterocycles. The summed E-state index contributed by atoms with van der Waals surface area (Å²) in [6.45, 7) is 1.15. The average molecular weight is 448 g/mol. The quantitative estimate of drug-likeness (QED) is 0.543. The molecule has 0 unspecified atom stereocenters. The standard InChI is InChI=1S/C20H15Cl2N3O5/c1-11-14(21)9-23-18(17(11)22)25-16(26)10-30-20(28)12-4-6-13(7-5-12)24-19(27)15-3-2-8-29-15/h2-9H,10H2,1H3,(H,24,27)(H,23,25,26). The average Bonchev–Trinajstić information content (AvgIpc) is 3.28. The summed E-state index contributed by atoms with van der Waals surface area (Å²) in [5.41, 5.74) is 1.24. The smallest absolute Gasteiger partial charge is 0.338 e. The number of benzene rings is 1. The molecule has 8 nitrogen and oxygen atoms in total. The number of rotatable bonds is 6. The van der Waals surface area contributed by atoms with E-state index < -0.39 is 24.4 Å². The lowest BCUT2D eigenvalue weighted by Crippen LogP contribution is -2.21. The maximum Gasteiger partial charge on any atom is 0.338 e. The van der Waals surface area contributed by atoms with Gasteiger partial charge in [-0.05, 0) is 48.9 Å². The number of aromatic nitrogens is 1. The van der Waals surface area contributed by atoms with Crippen molar-refractivity contribution in [2.75, 3.05) is 17.2 Å². The molecular weight excluding hydrogens is 433 g/mol. The van der Waals surface area contributed by atoms with Crippen LogP contribution < -0.4 is 10.6 Å².